The third-order valence-corrected chi connectivity index (χ3v) is 6.01. The number of rotatable bonds is 5. The van der Waals surface area contributed by atoms with Crippen molar-refractivity contribution in [1.82, 2.24) is 0 Å². The Kier molecular flexibility index (Phi) is 3.90. The minimum Gasteiger partial charge on any atom is -0.485 e. The van der Waals surface area contributed by atoms with E-state index >= 15 is 0 Å². The molecule has 2 aliphatic carbocycles. The number of imide groups is 1. The van der Waals surface area contributed by atoms with E-state index in [1.165, 1.54) is 4.90 Å². The number of carbonyl (C=O) groups is 3. The topological polar surface area (TPSA) is 63.7 Å². The summed E-state index contributed by atoms with van der Waals surface area (Å²) in [7, 11) is 0. The van der Waals surface area contributed by atoms with Crippen LogP contribution in [0.25, 0.3) is 0 Å². The van der Waals surface area contributed by atoms with Gasteiger partial charge in [0.15, 0.2) is 12.4 Å². The molecule has 1 heterocycles. The van der Waals surface area contributed by atoms with E-state index in [9.17, 15) is 14.4 Å². The van der Waals surface area contributed by atoms with E-state index in [0.717, 1.165) is 6.42 Å². The number of Topliss-reactive ketones (excluding diaryl/α,β-unsaturated/α-hetero) is 1. The predicted octanol–water partition coefficient (Wildman–Crippen LogP) is 3.26. The minimum atomic E-state index is -0.230. The molecule has 1 saturated carbocycles. The number of hydrogen-bond donors (Lipinski definition) is 0. The molecule has 0 aromatic heterocycles. The fourth-order valence-corrected chi connectivity index (χ4v) is 4.73. The Morgan fingerprint density at radius 1 is 0.929 bits per heavy atom. The Balaban J connectivity index is 1.33. The lowest BCUT2D eigenvalue weighted by Crippen LogP contribution is -2.32. The molecule has 4 atom stereocenters. The molecule has 0 N–H and O–H groups in total. The summed E-state index contributed by atoms with van der Waals surface area (Å²) in [5.41, 5.74) is 1.09. The van der Waals surface area contributed by atoms with Crippen LogP contribution in [-0.2, 0) is 9.59 Å². The van der Waals surface area contributed by atoms with E-state index in [0.29, 0.717) is 17.0 Å². The summed E-state index contributed by atoms with van der Waals surface area (Å²) in [5, 5.41) is 0. The number of carbonyl (C=O) groups excluding carboxylic acids is 3. The number of allylic oxidation sites excluding steroid dienone is 2. The van der Waals surface area contributed by atoms with Crippen LogP contribution >= 0.6 is 0 Å². The molecule has 0 unspecified atom stereocenters. The number of amides is 2. The number of hydrogen-bond acceptors (Lipinski definition) is 4. The summed E-state index contributed by atoms with van der Waals surface area (Å²) in [6, 6.07) is 15.8. The van der Waals surface area contributed by atoms with Gasteiger partial charge in [0, 0.05) is 11.6 Å². The molecule has 3 aliphatic rings. The zero-order valence-electron chi connectivity index (χ0n) is 15.2. The number of ether oxygens (including phenoxy) is 1. The second-order valence-corrected chi connectivity index (χ2v) is 7.59. The summed E-state index contributed by atoms with van der Waals surface area (Å²) in [6.45, 7) is -0.103. The van der Waals surface area contributed by atoms with Gasteiger partial charge in [0.25, 0.3) is 0 Å². The van der Waals surface area contributed by atoms with Gasteiger partial charge in [-0.2, -0.15) is 0 Å². The quantitative estimate of drug-likeness (QED) is 0.458. The molecule has 2 fully saturated rings. The van der Waals surface area contributed by atoms with Gasteiger partial charge < -0.3 is 4.74 Å². The van der Waals surface area contributed by atoms with E-state index in [4.69, 9.17) is 4.74 Å². The number of nitrogens with zero attached hydrogens (tertiary/aromatic N) is 1. The smallest absolute Gasteiger partial charge is 0.238 e. The lowest BCUT2D eigenvalue weighted by atomic mass is 9.85. The van der Waals surface area contributed by atoms with Gasteiger partial charge >= 0.3 is 0 Å². The van der Waals surface area contributed by atoms with Gasteiger partial charge in [0.1, 0.15) is 5.75 Å². The van der Waals surface area contributed by atoms with Gasteiger partial charge in [-0.1, -0.05) is 48.6 Å². The second-order valence-electron chi connectivity index (χ2n) is 7.59. The molecule has 2 aromatic rings. The van der Waals surface area contributed by atoms with Crippen molar-refractivity contribution in [1.29, 1.82) is 0 Å². The first-order valence-corrected chi connectivity index (χ1v) is 9.51. The summed E-state index contributed by atoms with van der Waals surface area (Å²) >= 11 is 0. The van der Waals surface area contributed by atoms with Crippen molar-refractivity contribution in [3.63, 3.8) is 0 Å². The summed E-state index contributed by atoms with van der Waals surface area (Å²) in [4.78, 5) is 39.4. The average Bonchev–Trinajstić information content (AvgIpc) is 3.41. The molecule has 2 bridgehead atoms. The molecule has 28 heavy (non-hydrogen) atoms. The monoisotopic (exact) mass is 373 g/mol. The van der Waals surface area contributed by atoms with Crippen LogP contribution in [0.1, 0.15) is 16.8 Å². The van der Waals surface area contributed by atoms with Crippen LogP contribution < -0.4 is 9.64 Å². The number of fused-ring (bicyclic) bond motifs is 5. The molecule has 140 valence electrons. The molecule has 0 radical (unpaired) electrons. The molecule has 5 heteroatoms. The van der Waals surface area contributed by atoms with Gasteiger partial charge in [-0.15, -0.1) is 0 Å². The standard InChI is InChI=1S/C23H19NO4/c25-19(14-5-2-1-3-6-14)13-28-18-8-4-7-17(12-18)24-22(26)20-15-9-10-16(11-15)21(20)23(24)27/h1-10,12,15-16,20-21H,11,13H2/t15-,16+,20-,21+. The van der Waals surface area contributed by atoms with Crippen LogP contribution in [0.4, 0.5) is 5.69 Å². The van der Waals surface area contributed by atoms with Crippen LogP contribution in [-0.4, -0.2) is 24.2 Å². The summed E-state index contributed by atoms with van der Waals surface area (Å²) in [6.07, 6.45) is 5.07. The lowest BCUT2D eigenvalue weighted by molar-refractivity contribution is -0.123. The maximum atomic E-state index is 12.9. The number of ketones is 1. The number of anilines is 1. The second kappa shape index (κ2) is 6.44. The fourth-order valence-electron chi connectivity index (χ4n) is 4.73. The van der Waals surface area contributed by atoms with Crippen LogP contribution in [0.15, 0.2) is 66.7 Å². The van der Waals surface area contributed by atoms with Crippen LogP contribution in [0.3, 0.4) is 0 Å². The van der Waals surface area contributed by atoms with Crippen LogP contribution in [0.2, 0.25) is 0 Å². The molecular weight excluding hydrogens is 354 g/mol. The zero-order valence-corrected chi connectivity index (χ0v) is 15.2. The maximum Gasteiger partial charge on any atom is 0.238 e. The fraction of sp³-hybridized carbons (Fsp3) is 0.261. The Labute approximate surface area is 162 Å². The molecule has 0 spiro atoms. The lowest BCUT2D eigenvalue weighted by Gasteiger charge is -2.18. The van der Waals surface area contributed by atoms with Gasteiger partial charge in [0.05, 0.1) is 17.5 Å². The Hall–Kier alpha value is -3.21. The minimum absolute atomic E-state index is 0.103. The number of benzene rings is 2. The highest BCUT2D eigenvalue weighted by atomic mass is 16.5. The Morgan fingerprint density at radius 3 is 2.29 bits per heavy atom. The van der Waals surface area contributed by atoms with Gasteiger partial charge in [0.2, 0.25) is 11.8 Å². The van der Waals surface area contributed by atoms with E-state index in [2.05, 4.69) is 12.2 Å². The zero-order chi connectivity index (χ0) is 19.3. The third-order valence-electron chi connectivity index (χ3n) is 6.01. The normalized spacial score (nSPS) is 27.4. The molecule has 5 rings (SSSR count). The van der Waals surface area contributed by atoms with Crippen molar-refractivity contribution in [3.8, 4) is 5.75 Å². The highest BCUT2D eigenvalue weighted by molar-refractivity contribution is 6.22. The molecule has 2 amide bonds. The van der Waals surface area contributed by atoms with Gasteiger partial charge in [-0.3, -0.25) is 14.4 Å². The largest absolute Gasteiger partial charge is 0.485 e. The first-order chi connectivity index (χ1) is 13.6. The summed E-state index contributed by atoms with van der Waals surface area (Å²) in [5.74, 6) is -0.0111. The van der Waals surface area contributed by atoms with Crippen molar-refractivity contribution in [2.75, 3.05) is 11.5 Å². The highest BCUT2D eigenvalue weighted by Gasteiger charge is 2.59. The average molecular weight is 373 g/mol. The first kappa shape index (κ1) is 16.9. The van der Waals surface area contributed by atoms with Gasteiger partial charge in [-0.05, 0) is 30.4 Å². The third kappa shape index (κ3) is 2.58. The van der Waals surface area contributed by atoms with Crippen molar-refractivity contribution in [3.05, 3.63) is 72.3 Å². The van der Waals surface area contributed by atoms with Gasteiger partial charge in [-0.25, -0.2) is 4.90 Å². The van der Waals surface area contributed by atoms with Crippen molar-refractivity contribution < 1.29 is 19.1 Å². The van der Waals surface area contributed by atoms with E-state index in [-0.39, 0.29) is 47.9 Å². The predicted molar refractivity (Wildman–Crippen MR) is 103 cm³/mol. The SMILES string of the molecule is O=C(COc1cccc(N2C(=O)[C@@H]3[C@H](C2=O)[C@@H]2C=C[C@H]3C2)c1)c1ccccc1. The van der Waals surface area contributed by atoms with Crippen molar-refractivity contribution in [2.45, 2.75) is 6.42 Å². The molecular formula is C23H19NO4. The van der Waals surface area contributed by atoms with E-state index < -0.39 is 0 Å². The van der Waals surface area contributed by atoms with E-state index in [1.54, 1.807) is 48.5 Å². The van der Waals surface area contributed by atoms with Crippen LogP contribution in [0, 0.1) is 23.7 Å². The van der Waals surface area contributed by atoms with Crippen molar-refractivity contribution in [2.24, 2.45) is 23.7 Å². The van der Waals surface area contributed by atoms with Crippen LogP contribution in [0.5, 0.6) is 5.75 Å². The Morgan fingerprint density at radius 2 is 1.61 bits per heavy atom. The first-order valence-electron chi connectivity index (χ1n) is 9.51. The molecule has 2 aromatic carbocycles. The molecule has 5 nitrogen and oxygen atoms in total. The van der Waals surface area contributed by atoms with Crippen molar-refractivity contribution >= 4 is 23.3 Å². The summed E-state index contributed by atoms with van der Waals surface area (Å²) < 4.78 is 5.63. The maximum absolute atomic E-state index is 12.9. The molecule has 1 saturated heterocycles. The highest BCUT2D eigenvalue weighted by Crippen LogP contribution is 2.53. The Bertz CT molecular complexity index is 967. The molecule has 1 aliphatic heterocycles. The van der Waals surface area contributed by atoms with E-state index in [1.807, 2.05) is 6.07 Å².